The Morgan fingerprint density at radius 2 is 1.71 bits per heavy atom. The third-order valence-electron chi connectivity index (χ3n) is 9.12. The zero-order valence-electron chi connectivity index (χ0n) is 31.5. The van der Waals surface area contributed by atoms with Crippen LogP contribution in [-0.2, 0) is 32.0 Å². The minimum atomic E-state index is -1.13. The predicted molar refractivity (Wildman–Crippen MR) is 203 cm³/mol. The zero-order chi connectivity index (χ0) is 39.3. The van der Waals surface area contributed by atoms with Crippen molar-refractivity contribution in [1.82, 2.24) is 36.8 Å². The summed E-state index contributed by atoms with van der Waals surface area (Å²) in [4.78, 5) is 67.7. The molecule has 2 aromatic heterocycles. The standard InChI is InChI=1S/C40H49N7O8/c1-24(2)36-40(52)42-19-8-12-27-15-17-33(53-4)34(21-27)54-23-35(48)41-18-9-13-28(37(49)44-30(38(50)45-36)20-26-10-6-5-7-11-26)43-39(51)31-22-29(46-47-31)32-16-14-25(3)55-32/h5-7,10-11,14-17,21-22,24,28,30,36H,8-9,12-13,18-20,23H2,1-4H3,(H,41,48)(H,42,52)(H,43,51)(H,44,49)(H,45,50)(H,46,47)/t28-,30-,36+/m0/s1. The molecule has 0 saturated carbocycles. The second-order valence-electron chi connectivity index (χ2n) is 13.7. The molecule has 55 heavy (non-hydrogen) atoms. The molecule has 0 radical (unpaired) electrons. The van der Waals surface area contributed by atoms with Gasteiger partial charge in [-0.3, -0.25) is 29.1 Å². The number of aromatic amines is 1. The molecule has 2 aromatic carbocycles. The molecule has 2 bridgehead atoms. The number of methoxy groups -OCH3 is 1. The Hall–Kier alpha value is -6.12. The first-order chi connectivity index (χ1) is 26.5. The van der Waals surface area contributed by atoms with Crippen molar-refractivity contribution in [3.05, 3.63) is 89.3 Å². The molecule has 3 atom stereocenters. The van der Waals surface area contributed by atoms with Crippen molar-refractivity contribution in [2.75, 3.05) is 26.8 Å². The molecule has 5 rings (SSSR count). The van der Waals surface area contributed by atoms with Gasteiger partial charge in [0, 0.05) is 25.6 Å². The molecule has 0 spiro atoms. The van der Waals surface area contributed by atoms with Gasteiger partial charge >= 0.3 is 0 Å². The van der Waals surface area contributed by atoms with Gasteiger partial charge in [0.25, 0.3) is 11.8 Å². The van der Waals surface area contributed by atoms with Crippen molar-refractivity contribution in [1.29, 1.82) is 0 Å². The fraction of sp³-hybridized carbons (Fsp3) is 0.400. The zero-order valence-corrected chi connectivity index (χ0v) is 31.5. The molecule has 3 heterocycles. The van der Waals surface area contributed by atoms with Crippen LogP contribution in [0.4, 0.5) is 0 Å². The summed E-state index contributed by atoms with van der Waals surface area (Å²) in [5, 5.41) is 21.1. The van der Waals surface area contributed by atoms with Crippen LogP contribution in [0.25, 0.3) is 11.5 Å². The lowest BCUT2D eigenvalue weighted by atomic mass is 10.00. The molecule has 0 unspecified atom stereocenters. The van der Waals surface area contributed by atoms with E-state index in [4.69, 9.17) is 13.9 Å². The summed E-state index contributed by atoms with van der Waals surface area (Å²) in [5.74, 6) is -0.791. The Kier molecular flexibility index (Phi) is 14.0. The van der Waals surface area contributed by atoms with Crippen molar-refractivity contribution in [2.45, 2.75) is 71.0 Å². The van der Waals surface area contributed by atoms with Gasteiger partial charge in [0.2, 0.25) is 17.7 Å². The number of H-pyrrole nitrogens is 1. The summed E-state index contributed by atoms with van der Waals surface area (Å²) >= 11 is 0. The molecule has 0 fully saturated rings. The summed E-state index contributed by atoms with van der Waals surface area (Å²) in [5.41, 5.74) is 2.20. The minimum absolute atomic E-state index is 0.0179. The molecule has 0 aliphatic carbocycles. The van der Waals surface area contributed by atoms with Crippen molar-refractivity contribution in [3.63, 3.8) is 0 Å². The third-order valence-corrected chi connectivity index (χ3v) is 9.12. The number of amides is 5. The lowest BCUT2D eigenvalue weighted by Crippen LogP contribution is -2.58. The van der Waals surface area contributed by atoms with E-state index in [-0.39, 0.29) is 55.8 Å². The van der Waals surface area contributed by atoms with E-state index in [1.165, 1.54) is 13.2 Å². The van der Waals surface area contributed by atoms with E-state index >= 15 is 0 Å². The number of fused-ring (bicyclic) bond motifs is 2. The highest BCUT2D eigenvalue weighted by molar-refractivity contribution is 5.98. The molecule has 0 saturated heterocycles. The maximum Gasteiger partial charge on any atom is 0.272 e. The highest BCUT2D eigenvalue weighted by Gasteiger charge is 2.31. The third kappa shape index (κ3) is 11.4. The molecule has 4 aromatic rings. The molecule has 15 heteroatoms. The molecule has 1 aliphatic rings. The van der Waals surface area contributed by atoms with Gasteiger partial charge in [-0.15, -0.1) is 0 Å². The van der Waals surface area contributed by atoms with Gasteiger partial charge in [-0.25, -0.2) is 0 Å². The number of carbonyl (C=O) groups is 5. The first kappa shape index (κ1) is 40.1. The Labute approximate surface area is 319 Å². The lowest BCUT2D eigenvalue weighted by Gasteiger charge is -2.27. The number of ether oxygens (including phenoxy) is 2. The van der Waals surface area contributed by atoms with Crippen molar-refractivity contribution < 1.29 is 37.9 Å². The number of benzene rings is 2. The SMILES string of the molecule is COc1ccc2cc1OCC(=O)NCCC[C@H](NC(=O)c1cc(-c3ccc(C)o3)[nH]n1)C(=O)N[C@@H](Cc1ccccc1)C(=O)N[C@H](C(C)C)C(=O)NCCC2. The predicted octanol–water partition coefficient (Wildman–Crippen LogP) is 2.99. The number of furan rings is 1. The van der Waals surface area contributed by atoms with Gasteiger partial charge in [0.05, 0.1) is 7.11 Å². The van der Waals surface area contributed by atoms with E-state index in [1.807, 2.05) is 50.2 Å². The first-order valence-corrected chi connectivity index (χ1v) is 18.4. The number of hydrogen-bond acceptors (Lipinski definition) is 9. The van der Waals surface area contributed by atoms with Crippen LogP contribution < -0.4 is 36.1 Å². The van der Waals surface area contributed by atoms with Crippen molar-refractivity contribution in [2.24, 2.45) is 5.92 Å². The number of hydrogen-bond donors (Lipinski definition) is 6. The molecule has 292 valence electrons. The summed E-state index contributed by atoms with van der Waals surface area (Å²) in [6.07, 6.45) is 1.71. The number of nitrogens with one attached hydrogen (secondary N) is 6. The topological polar surface area (TPSA) is 206 Å². The van der Waals surface area contributed by atoms with Crippen LogP contribution >= 0.6 is 0 Å². The summed E-state index contributed by atoms with van der Waals surface area (Å²) in [7, 11) is 1.51. The summed E-state index contributed by atoms with van der Waals surface area (Å²) in [6.45, 7) is 5.69. The quantitative estimate of drug-likeness (QED) is 0.164. The minimum Gasteiger partial charge on any atom is -0.493 e. The molecule has 1 aliphatic heterocycles. The Bertz CT molecular complexity index is 1940. The lowest BCUT2D eigenvalue weighted by molar-refractivity contribution is -0.133. The number of aromatic nitrogens is 2. The summed E-state index contributed by atoms with van der Waals surface area (Å²) < 4.78 is 16.9. The molecule has 6 N–H and O–H groups in total. The molecule has 15 nitrogen and oxygen atoms in total. The van der Waals surface area contributed by atoms with Crippen molar-refractivity contribution in [3.8, 4) is 23.0 Å². The number of aryl methyl sites for hydroxylation is 2. The molecular formula is C40H49N7O8. The van der Waals surface area contributed by atoms with E-state index in [0.29, 0.717) is 48.1 Å². The Balaban J connectivity index is 1.39. The number of carbonyl (C=O) groups excluding carboxylic acids is 5. The highest BCUT2D eigenvalue weighted by Crippen LogP contribution is 2.28. The van der Waals surface area contributed by atoms with Gasteiger partial charge in [-0.1, -0.05) is 50.2 Å². The fourth-order valence-electron chi connectivity index (χ4n) is 6.10. The normalized spacial score (nSPS) is 19.4. The average molecular weight is 756 g/mol. The van der Waals surface area contributed by atoms with Gasteiger partial charge in [-0.2, -0.15) is 5.10 Å². The fourth-order valence-corrected chi connectivity index (χ4v) is 6.10. The average Bonchev–Trinajstić information content (AvgIpc) is 3.85. The van der Waals surface area contributed by atoms with E-state index in [1.54, 1.807) is 31.2 Å². The smallest absolute Gasteiger partial charge is 0.272 e. The Morgan fingerprint density at radius 1 is 0.927 bits per heavy atom. The van der Waals surface area contributed by atoms with Gasteiger partial charge in [-0.05, 0) is 73.9 Å². The monoisotopic (exact) mass is 755 g/mol. The van der Waals surface area contributed by atoms with E-state index < -0.39 is 35.8 Å². The number of nitrogens with zero attached hydrogens (tertiary/aromatic N) is 1. The number of rotatable bonds is 7. The van der Waals surface area contributed by atoms with Gasteiger partial charge in [0.15, 0.2) is 29.6 Å². The van der Waals surface area contributed by atoms with Crippen LogP contribution in [0.5, 0.6) is 11.5 Å². The maximum absolute atomic E-state index is 14.0. The Morgan fingerprint density at radius 3 is 2.44 bits per heavy atom. The van der Waals surface area contributed by atoms with E-state index in [9.17, 15) is 24.0 Å². The summed E-state index contributed by atoms with van der Waals surface area (Å²) in [6, 6.07) is 16.5. The van der Waals surface area contributed by atoms with E-state index in [2.05, 4.69) is 36.8 Å². The molecule has 5 amide bonds. The van der Waals surface area contributed by atoms with Crippen LogP contribution in [0.1, 0.15) is 60.5 Å². The maximum atomic E-state index is 14.0. The van der Waals surface area contributed by atoms with Gasteiger partial charge < -0.3 is 40.5 Å². The first-order valence-electron chi connectivity index (χ1n) is 18.4. The van der Waals surface area contributed by atoms with E-state index in [0.717, 1.165) is 11.1 Å². The van der Waals surface area contributed by atoms with Crippen LogP contribution in [0.3, 0.4) is 0 Å². The van der Waals surface area contributed by atoms with Crippen LogP contribution in [0.2, 0.25) is 0 Å². The molecular weight excluding hydrogens is 706 g/mol. The van der Waals surface area contributed by atoms with Crippen LogP contribution in [0.15, 0.2) is 71.1 Å². The van der Waals surface area contributed by atoms with Gasteiger partial charge in [0.1, 0.15) is 29.6 Å². The van der Waals surface area contributed by atoms with Crippen LogP contribution in [0, 0.1) is 12.8 Å². The second kappa shape index (κ2) is 19.3. The van der Waals surface area contributed by atoms with Crippen molar-refractivity contribution >= 4 is 29.5 Å². The largest absolute Gasteiger partial charge is 0.493 e. The highest BCUT2D eigenvalue weighted by atomic mass is 16.5. The van der Waals surface area contributed by atoms with Crippen LogP contribution in [-0.4, -0.2) is 84.7 Å². The second-order valence-corrected chi connectivity index (χ2v) is 13.7.